The van der Waals surface area contributed by atoms with Crippen LogP contribution in [0.25, 0.3) is 0 Å². The quantitative estimate of drug-likeness (QED) is 0.648. The number of hydrogen-bond donors (Lipinski definition) is 1. The predicted molar refractivity (Wildman–Crippen MR) is 91.2 cm³/mol. The zero-order chi connectivity index (χ0) is 18.0. The van der Waals surface area contributed by atoms with Crippen LogP contribution in [0.4, 0.5) is 0 Å². The van der Waals surface area contributed by atoms with Crippen LogP contribution in [-0.2, 0) is 23.4 Å². The highest BCUT2D eigenvalue weighted by atomic mass is 31.2. The summed E-state index contributed by atoms with van der Waals surface area (Å²) in [6, 6.07) is 7.86. The number of hydrogen-bond acceptors (Lipinski definition) is 6. The van der Waals surface area contributed by atoms with E-state index < -0.39 is 32.0 Å². The molecule has 2 heterocycles. The van der Waals surface area contributed by atoms with E-state index in [9.17, 15) is 9.36 Å². The Hall–Kier alpha value is -1.40. The Balaban J connectivity index is 1.79. The molecule has 0 bridgehead atoms. The first-order chi connectivity index (χ1) is 11.9. The number of rotatable bonds is 3. The summed E-state index contributed by atoms with van der Waals surface area (Å²) in [6.45, 7) is 5.69. The first kappa shape index (κ1) is 18.4. The van der Waals surface area contributed by atoms with Gasteiger partial charge in [-0.3, -0.25) is 9.32 Å². The van der Waals surface area contributed by atoms with Crippen LogP contribution < -0.4 is 9.61 Å². The molecule has 7 nitrogen and oxygen atoms in total. The minimum Gasteiger partial charge on any atom is -0.458 e. The molecule has 0 saturated carbocycles. The van der Waals surface area contributed by atoms with Gasteiger partial charge in [-0.15, -0.1) is 0 Å². The van der Waals surface area contributed by atoms with E-state index in [1.807, 2.05) is 19.9 Å². The molecular weight excluding hydrogens is 345 g/mol. The standard InChI is InChI=1S/C17H24NO6P/c1-11(2)14-9-15-16(22-14)10-21-25(20,18-12(3)17(19)23-15)24-13-7-5-4-6-8-13/h4-8,11-12,14-16H,9-10H2,1-3H3,(H,18,20)/t12-,14+,15?,16+,25?/m0/s1. The van der Waals surface area contributed by atoms with E-state index in [0.717, 1.165) is 0 Å². The average Bonchev–Trinajstić information content (AvgIpc) is 2.97. The molecule has 1 N–H and O–H groups in total. The van der Waals surface area contributed by atoms with Gasteiger partial charge in [-0.1, -0.05) is 32.0 Å². The van der Waals surface area contributed by atoms with E-state index in [0.29, 0.717) is 12.2 Å². The lowest BCUT2D eigenvalue weighted by molar-refractivity contribution is -0.153. The van der Waals surface area contributed by atoms with Gasteiger partial charge in [0.2, 0.25) is 0 Å². The Labute approximate surface area is 147 Å². The fourth-order valence-corrected chi connectivity index (χ4v) is 4.37. The molecule has 138 valence electrons. The molecule has 0 radical (unpaired) electrons. The molecular formula is C17H24NO6P. The van der Waals surface area contributed by atoms with Gasteiger partial charge in [-0.05, 0) is 25.0 Å². The summed E-state index contributed by atoms with van der Waals surface area (Å²) in [5.41, 5.74) is 0. The molecule has 0 spiro atoms. The number of carbonyl (C=O) groups excluding carboxylic acids is 1. The summed E-state index contributed by atoms with van der Waals surface area (Å²) in [7, 11) is -3.75. The third-order valence-electron chi connectivity index (χ3n) is 4.32. The van der Waals surface area contributed by atoms with Crippen LogP contribution in [0.15, 0.2) is 30.3 Å². The Morgan fingerprint density at radius 1 is 1.24 bits per heavy atom. The Kier molecular flexibility index (Phi) is 5.49. The highest BCUT2D eigenvalue weighted by Gasteiger charge is 2.44. The van der Waals surface area contributed by atoms with Crippen molar-refractivity contribution in [1.29, 1.82) is 0 Å². The molecule has 1 aromatic rings. The number of fused-ring (bicyclic) bond motifs is 1. The van der Waals surface area contributed by atoms with Crippen molar-refractivity contribution >= 4 is 13.7 Å². The molecule has 0 amide bonds. The van der Waals surface area contributed by atoms with Gasteiger partial charge in [-0.25, -0.2) is 4.57 Å². The average molecular weight is 369 g/mol. The third kappa shape index (κ3) is 4.42. The third-order valence-corrected chi connectivity index (χ3v) is 5.97. The number of carbonyl (C=O) groups is 1. The lowest BCUT2D eigenvalue weighted by Crippen LogP contribution is -2.36. The van der Waals surface area contributed by atoms with Crippen LogP contribution in [0.3, 0.4) is 0 Å². The van der Waals surface area contributed by atoms with Crippen LogP contribution in [0.5, 0.6) is 5.75 Å². The minimum absolute atomic E-state index is 0.0188. The molecule has 8 heteroatoms. The molecule has 2 unspecified atom stereocenters. The van der Waals surface area contributed by atoms with Crippen LogP contribution in [0.2, 0.25) is 0 Å². The van der Waals surface area contributed by atoms with Crippen molar-refractivity contribution in [2.24, 2.45) is 5.92 Å². The summed E-state index contributed by atoms with van der Waals surface area (Å²) in [5.74, 6) is 0.185. The van der Waals surface area contributed by atoms with Crippen LogP contribution in [0, 0.1) is 5.92 Å². The molecule has 2 fully saturated rings. The van der Waals surface area contributed by atoms with Crippen molar-refractivity contribution in [2.45, 2.75) is 51.5 Å². The number of para-hydroxylation sites is 1. The monoisotopic (exact) mass is 369 g/mol. The SMILES string of the molecule is CC(C)[C@H]1CC2OC(=O)[C@H](C)NP(=O)(Oc3ccccc3)OC[C@H]2O1. The second-order valence-electron chi connectivity index (χ2n) is 6.72. The lowest BCUT2D eigenvalue weighted by atomic mass is 10.0. The maximum Gasteiger partial charge on any atom is 0.459 e. The van der Waals surface area contributed by atoms with E-state index in [2.05, 4.69) is 5.09 Å². The maximum absolute atomic E-state index is 13.1. The van der Waals surface area contributed by atoms with E-state index in [1.165, 1.54) is 0 Å². The molecule has 0 aliphatic carbocycles. The highest BCUT2D eigenvalue weighted by molar-refractivity contribution is 7.52. The maximum atomic E-state index is 13.1. The zero-order valence-corrected chi connectivity index (χ0v) is 15.5. The van der Waals surface area contributed by atoms with Gasteiger partial charge in [0.1, 0.15) is 24.0 Å². The van der Waals surface area contributed by atoms with Gasteiger partial charge < -0.3 is 14.0 Å². The Morgan fingerprint density at radius 3 is 2.64 bits per heavy atom. The highest BCUT2D eigenvalue weighted by Crippen LogP contribution is 2.46. The Morgan fingerprint density at radius 2 is 1.96 bits per heavy atom. The van der Waals surface area contributed by atoms with Gasteiger partial charge in [0, 0.05) is 6.42 Å². The molecule has 25 heavy (non-hydrogen) atoms. The molecule has 2 saturated heterocycles. The molecule has 0 aromatic heterocycles. The molecule has 1 aromatic carbocycles. The summed E-state index contributed by atoms with van der Waals surface area (Å²) < 4.78 is 35.7. The predicted octanol–water partition coefficient (Wildman–Crippen LogP) is 2.91. The van der Waals surface area contributed by atoms with Crippen molar-refractivity contribution in [3.63, 3.8) is 0 Å². The largest absolute Gasteiger partial charge is 0.459 e. The van der Waals surface area contributed by atoms with Gasteiger partial charge in [0.05, 0.1) is 12.7 Å². The van der Waals surface area contributed by atoms with Crippen molar-refractivity contribution in [3.8, 4) is 5.75 Å². The van der Waals surface area contributed by atoms with Gasteiger partial charge in [0.15, 0.2) is 0 Å². The Bertz CT molecular complexity index is 652. The summed E-state index contributed by atoms with van der Waals surface area (Å²) in [4.78, 5) is 12.3. The molecule has 2 aliphatic rings. The van der Waals surface area contributed by atoms with Gasteiger partial charge in [-0.2, -0.15) is 5.09 Å². The van der Waals surface area contributed by atoms with E-state index in [1.54, 1.807) is 31.2 Å². The molecule has 2 aliphatic heterocycles. The van der Waals surface area contributed by atoms with E-state index in [4.69, 9.17) is 18.5 Å². The van der Waals surface area contributed by atoms with Crippen molar-refractivity contribution in [2.75, 3.05) is 6.61 Å². The fraction of sp³-hybridized carbons (Fsp3) is 0.588. The summed E-state index contributed by atoms with van der Waals surface area (Å²) in [6.07, 6.45) is -0.291. The fourth-order valence-electron chi connectivity index (χ4n) is 2.87. The number of nitrogens with one attached hydrogen (secondary N) is 1. The van der Waals surface area contributed by atoms with Crippen LogP contribution >= 0.6 is 7.75 Å². The van der Waals surface area contributed by atoms with E-state index in [-0.39, 0.29) is 18.6 Å². The first-order valence-electron chi connectivity index (χ1n) is 8.49. The summed E-state index contributed by atoms with van der Waals surface area (Å²) >= 11 is 0. The molecule has 5 atom stereocenters. The second-order valence-corrected chi connectivity index (χ2v) is 8.41. The lowest BCUT2D eigenvalue weighted by Gasteiger charge is -2.22. The van der Waals surface area contributed by atoms with Gasteiger partial charge >= 0.3 is 13.7 Å². The minimum atomic E-state index is -3.75. The number of esters is 1. The summed E-state index contributed by atoms with van der Waals surface area (Å²) in [5, 5.41) is 2.64. The first-order valence-corrected chi connectivity index (χ1v) is 10.0. The van der Waals surface area contributed by atoms with Gasteiger partial charge in [0.25, 0.3) is 0 Å². The van der Waals surface area contributed by atoms with Crippen molar-refractivity contribution in [1.82, 2.24) is 5.09 Å². The topological polar surface area (TPSA) is 83.1 Å². The second kappa shape index (κ2) is 7.46. The van der Waals surface area contributed by atoms with Crippen LogP contribution in [-0.4, -0.2) is 36.9 Å². The normalized spacial score (nSPS) is 36.1. The number of ether oxygens (including phenoxy) is 2. The van der Waals surface area contributed by atoms with Crippen LogP contribution in [0.1, 0.15) is 27.2 Å². The van der Waals surface area contributed by atoms with Crippen molar-refractivity contribution in [3.05, 3.63) is 30.3 Å². The zero-order valence-electron chi connectivity index (χ0n) is 14.6. The smallest absolute Gasteiger partial charge is 0.458 e. The van der Waals surface area contributed by atoms with E-state index >= 15 is 0 Å². The molecule has 3 rings (SSSR count). The van der Waals surface area contributed by atoms with Crippen molar-refractivity contribution < 1.29 is 27.9 Å². The number of benzene rings is 1.